The number of nitrogens with one attached hydrogen (secondary N) is 1. The van der Waals surface area contributed by atoms with Crippen LogP contribution in [0.2, 0.25) is 0 Å². The van der Waals surface area contributed by atoms with Crippen LogP contribution in [0.25, 0.3) is 10.3 Å². The van der Waals surface area contributed by atoms with Crippen molar-refractivity contribution in [3.63, 3.8) is 0 Å². The van der Waals surface area contributed by atoms with Crippen LogP contribution in [0.1, 0.15) is 45.4 Å². The van der Waals surface area contributed by atoms with Gasteiger partial charge in [-0.2, -0.15) is 4.98 Å². The number of piperidine rings is 1. The van der Waals surface area contributed by atoms with E-state index in [-0.39, 0.29) is 5.91 Å². The molecule has 6 nitrogen and oxygen atoms in total. The molecular weight excluding hydrogens is 366 g/mol. The van der Waals surface area contributed by atoms with Crippen molar-refractivity contribution in [2.75, 3.05) is 23.7 Å². The molecule has 2 aromatic rings. The first-order valence-electron chi connectivity index (χ1n) is 9.47. The van der Waals surface area contributed by atoms with Crippen molar-refractivity contribution in [1.29, 1.82) is 0 Å². The number of hydrogen-bond acceptors (Lipinski definition) is 7. The fourth-order valence-electron chi connectivity index (χ4n) is 3.63. The number of carbonyl (C=O) groups excluding carboxylic acids is 1. The largest absolute Gasteiger partial charge is 0.353 e. The van der Waals surface area contributed by atoms with Crippen molar-refractivity contribution in [1.82, 2.24) is 20.3 Å². The summed E-state index contributed by atoms with van der Waals surface area (Å²) in [6, 6.07) is 0.366. The van der Waals surface area contributed by atoms with Crippen molar-refractivity contribution in [2.24, 2.45) is 5.92 Å². The topological polar surface area (TPSA) is 71.0 Å². The fraction of sp³-hybridized carbons (Fsp3) is 0.667. The smallest absolute Gasteiger partial charge is 0.230 e. The molecule has 1 saturated heterocycles. The Balaban J connectivity index is 1.42. The molecule has 2 aromatic heterocycles. The first-order chi connectivity index (χ1) is 12.7. The van der Waals surface area contributed by atoms with E-state index in [2.05, 4.69) is 27.1 Å². The summed E-state index contributed by atoms with van der Waals surface area (Å²) >= 11 is 3.14. The fourth-order valence-corrected chi connectivity index (χ4v) is 5.59. The molecule has 26 heavy (non-hydrogen) atoms. The van der Waals surface area contributed by atoms with E-state index >= 15 is 0 Å². The summed E-state index contributed by atoms with van der Waals surface area (Å²) in [5, 5.41) is 5.03. The number of amides is 1. The average Bonchev–Trinajstić information content (AvgIpc) is 3.30. The minimum absolute atomic E-state index is 0.100. The SMILES string of the molecule is CC1CCN(c2nc3ncnc(SCC(=O)NC4CCCC4)c3s2)CC1. The van der Waals surface area contributed by atoms with Crippen LogP contribution >= 0.6 is 23.1 Å². The number of anilines is 1. The van der Waals surface area contributed by atoms with Gasteiger partial charge in [0, 0.05) is 19.1 Å². The lowest BCUT2D eigenvalue weighted by molar-refractivity contribution is -0.119. The minimum atomic E-state index is 0.100. The molecule has 1 amide bonds. The van der Waals surface area contributed by atoms with Crippen LogP contribution < -0.4 is 10.2 Å². The van der Waals surface area contributed by atoms with Crippen LogP contribution in [0.4, 0.5) is 5.13 Å². The second-order valence-corrected chi connectivity index (χ2v) is 9.28. The zero-order chi connectivity index (χ0) is 17.9. The summed E-state index contributed by atoms with van der Waals surface area (Å²) < 4.78 is 1.000. The zero-order valence-corrected chi connectivity index (χ0v) is 16.7. The van der Waals surface area contributed by atoms with Crippen molar-refractivity contribution >= 4 is 44.5 Å². The molecule has 140 valence electrons. The monoisotopic (exact) mass is 391 g/mol. The maximum absolute atomic E-state index is 12.2. The van der Waals surface area contributed by atoms with Gasteiger partial charge in [-0.1, -0.05) is 42.9 Å². The van der Waals surface area contributed by atoms with E-state index in [9.17, 15) is 4.79 Å². The van der Waals surface area contributed by atoms with Crippen molar-refractivity contribution in [3.8, 4) is 0 Å². The van der Waals surface area contributed by atoms with Crippen molar-refractivity contribution < 1.29 is 4.79 Å². The van der Waals surface area contributed by atoms with Gasteiger partial charge < -0.3 is 10.2 Å². The molecular formula is C18H25N5OS2. The van der Waals surface area contributed by atoms with Crippen LogP contribution in [0.5, 0.6) is 0 Å². The number of nitrogens with zero attached hydrogens (tertiary/aromatic N) is 4. The van der Waals surface area contributed by atoms with Crippen molar-refractivity contribution in [3.05, 3.63) is 6.33 Å². The van der Waals surface area contributed by atoms with E-state index < -0.39 is 0 Å². The van der Waals surface area contributed by atoms with E-state index in [4.69, 9.17) is 4.98 Å². The Morgan fingerprint density at radius 2 is 2.04 bits per heavy atom. The Kier molecular flexibility index (Phi) is 5.59. The number of fused-ring (bicyclic) bond motifs is 1. The molecule has 0 unspecified atom stereocenters. The third-order valence-corrected chi connectivity index (χ3v) is 7.49. The van der Waals surface area contributed by atoms with Crippen LogP contribution in [0, 0.1) is 5.92 Å². The summed E-state index contributed by atoms with van der Waals surface area (Å²) in [6.45, 7) is 4.42. The highest BCUT2D eigenvalue weighted by Crippen LogP contribution is 2.35. The van der Waals surface area contributed by atoms with Gasteiger partial charge in [-0.05, 0) is 31.6 Å². The summed E-state index contributed by atoms with van der Waals surface area (Å²) in [6.07, 6.45) is 8.66. The number of thioether (sulfide) groups is 1. The Labute approximate surface area is 162 Å². The highest BCUT2D eigenvalue weighted by atomic mass is 32.2. The maximum atomic E-state index is 12.2. The third-order valence-electron chi connectivity index (χ3n) is 5.26. The lowest BCUT2D eigenvalue weighted by Gasteiger charge is -2.29. The second-order valence-electron chi connectivity index (χ2n) is 7.34. The molecule has 4 rings (SSSR count). The average molecular weight is 392 g/mol. The van der Waals surface area contributed by atoms with E-state index in [1.54, 1.807) is 17.7 Å². The molecule has 0 radical (unpaired) electrons. The Bertz CT molecular complexity index is 766. The summed E-state index contributed by atoms with van der Waals surface area (Å²) in [5.74, 6) is 1.30. The van der Waals surface area contributed by atoms with Gasteiger partial charge in [0.1, 0.15) is 16.1 Å². The van der Waals surface area contributed by atoms with Gasteiger partial charge in [0.2, 0.25) is 5.91 Å². The molecule has 0 atom stereocenters. The zero-order valence-electron chi connectivity index (χ0n) is 15.1. The van der Waals surface area contributed by atoms with Gasteiger partial charge in [-0.25, -0.2) is 9.97 Å². The molecule has 1 aliphatic heterocycles. The standard InChI is InChI=1S/C18H25N5OS2/c1-12-6-8-23(9-7-12)18-22-16-15(26-18)17(20-11-19-16)25-10-14(24)21-13-4-2-3-5-13/h11-13H,2-10H2,1H3,(H,21,24). The van der Waals surface area contributed by atoms with Crippen LogP contribution in [0.3, 0.4) is 0 Å². The van der Waals surface area contributed by atoms with E-state index in [1.807, 2.05) is 0 Å². The van der Waals surface area contributed by atoms with Crippen molar-refractivity contribution in [2.45, 2.75) is 56.5 Å². The predicted octanol–water partition coefficient (Wildman–Crippen LogP) is 3.47. The minimum Gasteiger partial charge on any atom is -0.353 e. The van der Waals surface area contributed by atoms with E-state index in [0.29, 0.717) is 11.8 Å². The summed E-state index contributed by atoms with van der Waals surface area (Å²) in [4.78, 5) is 28.0. The van der Waals surface area contributed by atoms with E-state index in [1.165, 1.54) is 37.4 Å². The number of thiazole rings is 1. The normalized spacial score (nSPS) is 19.3. The summed E-state index contributed by atoms with van der Waals surface area (Å²) in [7, 11) is 0. The first kappa shape index (κ1) is 18.0. The van der Waals surface area contributed by atoms with Crippen LogP contribution in [-0.4, -0.2) is 45.7 Å². The van der Waals surface area contributed by atoms with Gasteiger partial charge in [-0.15, -0.1) is 0 Å². The molecule has 3 heterocycles. The first-order valence-corrected chi connectivity index (χ1v) is 11.3. The quantitative estimate of drug-likeness (QED) is 0.622. The maximum Gasteiger partial charge on any atom is 0.230 e. The molecule has 2 fully saturated rings. The molecule has 2 aliphatic rings. The highest BCUT2D eigenvalue weighted by Gasteiger charge is 2.21. The number of aromatic nitrogens is 3. The molecule has 0 aromatic carbocycles. The third kappa shape index (κ3) is 4.11. The van der Waals surface area contributed by atoms with Crippen LogP contribution in [0.15, 0.2) is 11.4 Å². The lowest BCUT2D eigenvalue weighted by Crippen LogP contribution is -2.33. The molecule has 1 N–H and O–H groups in total. The number of rotatable bonds is 5. The molecule has 1 saturated carbocycles. The number of carbonyl (C=O) groups is 1. The second kappa shape index (κ2) is 8.08. The predicted molar refractivity (Wildman–Crippen MR) is 107 cm³/mol. The Morgan fingerprint density at radius 1 is 1.27 bits per heavy atom. The van der Waals surface area contributed by atoms with E-state index in [0.717, 1.165) is 52.4 Å². The summed E-state index contributed by atoms with van der Waals surface area (Å²) in [5.41, 5.74) is 0.748. The van der Waals surface area contributed by atoms with Crippen LogP contribution in [-0.2, 0) is 4.79 Å². The lowest BCUT2D eigenvalue weighted by atomic mass is 10.00. The Morgan fingerprint density at radius 3 is 2.81 bits per heavy atom. The molecule has 0 bridgehead atoms. The van der Waals surface area contributed by atoms with Gasteiger partial charge in [0.15, 0.2) is 10.8 Å². The molecule has 1 aliphatic carbocycles. The van der Waals surface area contributed by atoms with Gasteiger partial charge in [0.25, 0.3) is 0 Å². The molecule has 8 heteroatoms. The number of hydrogen-bond donors (Lipinski definition) is 1. The van der Waals surface area contributed by atoms with Gasteiger partial charge in [-0.3, -0.25) is 4.79 Å². The van der Waals surface area contributed by atoms with Gasteiger partial charge >= 0.3 is 0 Å². The Hall–Kier alpha value is -1.41. The highest BCUT2D eigenvalue weighted by molar-refractivity contribution is 8.00. The molecule has 0 spiro atoms. The van der Waals surface area contributed by atoms with Gasteiger partial charge in [0.05, 0.1) is 5.75 Å².